The molecule has 2 heterocycles. The van der Waals surface area contributed by atoms with Gasteiger partial charge in [-0.25, -0.2) is 0 Å². The number of halogens is 1. The maximum absolute atomic E-state index is 12.7. The molecular formula is C21H17ClN4O2. The van der Waals surface area contributed by atoms with Gasteiger partial charge >= 0.3 is 0 Å². The minimum absolute atomic E-state index is 0.0777. The van der Waals surface area contributed by atoms with Crippen LogP contribution in [0.1, 0.15) is 31.8 Å². The van der Waals surface area contributed by atoms with Crippen LogP contribution >= 0.6 is 11.6 Å². The molecule has 1 aromatic heterocycles. The summed E-state index contributed by atoms with van der Waals surface area (Å²) in [5.41, 5.74) is 3.79. The Hall–Kier alpha value is -3.25. The normalized spacial score (nSPS) is 13.0. The lowest BCUT2D eigenvalue weighted by atomic mass is 9.98. The van der Waals surface area contributed by atoms with Crippen molar-refractivity contribution >= 4 is 29.1 Å². The van der Waals surface area contributed by atoms with Crippen LogP contribution in [0.25, 0.3) is 0 Å². The Morgan fingerprint density at radius 3 is 2.68 bits per heavy atom. The summed E-state index contributed by atoms with van der Waals surface area (Å²) in [5.74, 6) is -0.344. The molecule has 1 N–H and O–H groups in total. The van der Waals surface area contributed by atoms with E-state index in [1.54, 1.807) is 35.2 Å². The molecule has 2 aromatic carbocycles. The third-order valence-corrected chi connectivity index (χ3v) is 5.04. The van der Waals surface area contributed by atoms with Crippen LogP contribution in [-0.4, -0.2) is 33.5 Å². The summed E-state index contributed by atoms with van der Waals surface area (Å²) in [5, 5.41) is 10.8. The first-order chi connectivity index (χ1) is 13.6. The monoisotopic (exact) mass is 392 g/mol. The Balaban J connectivity index is 1.52. The van der Waals surface area contributed by atoms with Crippen LogP contribution in [0, 0.1) is 0 Å². The molecule has 0 spiro atoms. The second-order valence-corrected chi connectivity index (χ2v) is 6.93. The highest BCUT2D eigenvalue weighted by molar-refractivity contribution is 6.34. The van der Waals surface area contributed by atoms with Gasteiger partial charge in [0.05, 0.1) is 28.5 Å². The predicted octanol–water partition coefficient (Wildman–Crippen LogP) is 3.58. The van der Waals surface area contributed by atoms with Gasteiger partial charge in [0.1, 0.15) is 0 Å². The van der Waals surface area contributed by atoms with Crippen molar-refractivity contribution < 1.29 is 9.59 Å². The molecule has 0 fully saturated rings. The van der Waals surface area contributed by atoms with Crippen molar-refractivity contribution in [3.05, 3.63) is 88.2 Å². The second kappa shape index (κ2) is 7.78. The maximum atomic E-state index is 12.7. The van der Waals surface area contributed by atoms with Gasteiger partial charge in [-0.15, -0.1) is 0 Å². The topological polar surface area (TPSA) is 75.2 Å². The maximum Gasteiger partial charge on any atom is 0.257 e. The summed E-state index contributed by atoms with van der Waals surface area (Å²) in [4.78, 5) is 26.9. The van der Waals surface area contributed by atoms with Gasteiger partial charge in [0.2, 0.25) is 0 Å². The fraction of sp³-hybridized carbons (Fsp3) is 0.143. The van der Waals surface area contributed by atoms with E-state index in [1.807, 2.05) is 18.2 Å². The highest BCUT2D eigenvalue weighted by Crippen LogP contribution is 2.25. The average molecular weight is 393 g/mol. The Labute approximate surface area is 167 Å². The van der Waals surface area contributed by atoms with Gasteiger partial charge in [-0.1, -0.05) is 29.8 Å². The van der Waals surface area contributed by atoms with Gasteiger partial charge in [-0.05, 0) is 47.9 Å². The van der Waals surface area contributed by atoms with Crippen LogP contribution in [0.4, 0.5) is 5.69 Å². The largest absolute Gasteiger partial charge is 0.334 e. The van der Waals surface area contributed by atoms with E-state index >= 15 is 0 Å². The van der Waals surface area contributed by atoms with Crippen molar-refractivity contribution in [2.24, 2.45) is 0 Å². The van der Waals surface area contributed by atoms with E-state index in [0.29, 0.717) is 34.9 Å². The lowest BCUT2D eigenvalue weighted by Crippen LogP contribution is -2.36. The van der Waals surface area contributed by atoms with Gasteiger partial charge < -0.3 is 10.2 Å². The Morgan fingerprint density at radius 1 is 1.04 bits per heavy atom. The van der Waals surface area contributed by atoms with Gasteiger partial charge in [0, 0.05) is 18.8 Å². The summed E-state index contributed by atoms with van der Waals surface area (Å²) < 4.78 is 0. The van der Waals surface area contributed by atoms with Crippen LogP contribution in [0.3, 0.4) is 0 Å². The fourth-order valence-electron chi connectivity index (χ4n) is 3.25. The number of aromatic nitrogens is 2. The SMILES string of the molecule is O=C(Nc1ccc2c(c1)CN(C(=O)c1ccnnc1)CC2)c1ccccc1Cl. The van der Waals surface area contributed by atoms with E-state index in [2.05, 4.69) is 15.5 Å². The minimum Gasteiger partial charge on any atom is -0.334 e. The fourth-order valence-corrected chi connectivity index (χ4v) is 3.47. The van der Waals surface area contributed by atoms with Crippen molar-refractivity contribution in [1.29, 1.82) is 0 Å². The number of carbonyl (C=O) groups excluding carboxylic acids is 2. The van der Waals surface area contributed by atoms with Crippen molar-refractivity contribution in [3.8, 4) is 0 Å². The molecule has 6 nitrogen and oxygen atoms in total. The lowest BCUT2D eigenvalue weighted by Gasteiger charge is -2.29. The lowest BCUT2D eigenvalue weighted by molar-refractivity contribution is 0.0734. The molecule has 4 rings (SSSR count). The van der Waals surface area contributed by atoms with Crippen LogP contribution in [-0.2, 0) is 13.0 Å². The van der Waals surface area contributed by atoms with Crippen molar-refractivity contribution in [2.45, 2.75) is 13.0 Å². The number of anilines is 1. The van der Waals surface area contributed by atoms with E-state index in [1.165, 1.54) is 18.0 Å². The number of nitrogens with zero attached hydrogens (tertiary/aromatic N) is 3. The molecule has 0 saturated heterocycles. The average Bonchev–Trinajstić information content (AvgIpc) is 2.73. The van der Waals surface area contributed by atoms with Gasteiger partial charge in [0.15, 0.2) is 0 Å². The third-order valence-electron chi connectivity index (χ3n) is 4.71. The standard InChI is InChI=1S/C21H17ClN4O2/c22-19-4-2-1-3-18(19)20(27)25-17-6-5-14-8-10-26(13-16(14)11-17)21(28)15-7-9-23-24-12-15/h1-7,9,11-12H,8,10,13H2,(H,25,27). The first-order valence-corrected chi connectivity index (χ1v) is 9.23. The van der Waals surface area contributed by atoms with Gasteiger partial charge in [-0.3, -0.25) is 9.59 Å². The molecule has 28 heavy (non-hydrogen) atoms. The van der Waals surface area contributed by atoms with E-state index in [9.17, 15) is 9.59 Å². The first kappa shape index (κ1) is 18.1. The number of hydrogen-bond acceptors (Lipinski definition) is 4. The van der Waals surface area contributed by atoms with Crippen molar-refractivity contribution in [2.75, 3.05) is 11.9 Å². The Kier molecular flexibility index (Phi) is 5.04. The molecular weight excluding hydrogens is 376 g/mol. The Bertz CT molecular complexity index is 1040. The van der Waals surface area contributed by atoms with Crippen LogP contribution in [0.15, 0.2) is 60.9 Å². The number of benzene rings is 2. The highest BCUT2D eigenvalue weighted by atomic mass is 35.5. The summed E-state index contributed by atoms with van der Waals surface area (Å²) in [6.45, 7) is 1.12. The number of hydrogen-bond donors (Lipinski definition) is 1. The van der Waals surface area contributed by atoms with E-state index in [-0.39, 0.29) is 11.8 Å². The minimum atomic E-state index is -0.267. The molecule has 0 radical (unpaired) electrons. The number of rotatable bonds is 3. The zero-order valence-corrected chi connectivity index (χ0v) is 15.7. The van der Waals surface area contributed by atoms with E-state index < -0.39 is 0 Å². The molecule has 0 bridgehead atoms. The van der Waals surface area contributed by atoms with Crippen molar-refractivity contribution in [3.63, 3.8) is 0 Å². The molecule has 2 amide bonds. The zero-order chi connectivity index (χ0) is 19.5. The molecule has 7 heteroatoms. The second-order valence-electron chi connectivity index (χ2n) is 6.53. The summed E-state index contributed by atoms with van der Waals surface area (Å²) in [6, 6.07) is 14.3. The van der Waals surface area contributed by atoms with Crippen LogP contribution in [0.2, 0.25) is 5.02 Å². The Morgan fingerprint density at radius 2 is 1.89 bits per heavy atom. The smallest absolute Gasteiger partial charge is 0.257 e. The molecule has 0 unspecified atom stereocenters. The zero-order valence-electron chi connectivity index (χ0n) is 14.9. The molecule has 1 aliphatic rings. The highest BCUT2D eigenvalue weighted by Gasteiger charge is 2.22. The molecule has 0 aliphatic carbocycles. The van der Waals surface area contributed by atoms with Crippen LogP contribution < -0.4 is 5.32 Å². The van der Waals surface area contributed by atoms with Crippen LogP contribution in [0.5, 0.6) is 0 Å². The van der Waals surface area contributed by atoms with Gasteiger partial charge in [0.25, 0.3) is 11.8 Å². The molecule has 3 aromatic rings. The third kappa shape index (κ3) is 3.73. The van der Waals surface area contributed by atoms with Crippen molar-refractivity contribution in [1.82, 2.24) is 15.1 Å². The quantitative estimate of drug-likeness (QED) is 0.739. The van der Waals surface area contributed by atoms with E-state index in [4.69, 9.17) is 11.6 Å². The molecule has 1 aliphatic heterocycles. The summed E-state index contributed by atoms with van der Waals surface area (Å²) in [7, 11) is 0. The first-order valence-electron chi connectivity index (χ1n) is 8.85. The number of carbonyl (C=O) groups is 2. The summed E-state index contributed by atoms with van der Waals surface area (Å²) in [6.07, 6.45) is 3.74. The predicted molar refractivity (Wildman–Crippen MR) is 106 cm³/mol. The van der Waals surface area contributed by atoms with E-state index in [0.717, 1.165) is 12.0 Å². The molecule has 140 valence electrons. The van der Waals surface area contributed by atoms with Gasteiger partial charge in [-0.2, -0.15) is 10.2 Å². The molecule has 0 saturated carbocycles. The summed E-state index contributed by atoms with van der Waals surface area (Å²) >= 11 is 6.10. The molecule has 0 atom stereocenters. The number of nitrogens with one attached hydrogen (secondary N) is 1. The number of fused-ring (bicyclic) bond motifs is 1. The number of amides is 2.